The molecule has 1 aromatic carbocycles. The minimum Gasteiger partial charge on any atom is -0.339 e. The van der Waals surface area contributed by atoms with Gasteiger partial charge in [0.05, 0.1) is 11.4 Å². The van der Waals surface area contributed by atoms with Crippen molar-refractivity contribution in [1.82, 2.24) is 19.7 Å². The molecule has 2 saturated carbocycles. The van der Waals surface area contributed by atoms with Gasteiger partial charge in [-0.15, -0.1) is 10.2 Å². The minimum atomic E-state index is -0.108. The van der Waals surface area contributed by atoms with Crippen LogP contribution >= 0.6 is 11.8 Å². The van der Waals surface area contributed by atoms with Gasteiger partial charge in [0.2, 0.25) is 11.8 Å². The standard InChI is InChI=1S/C20H25N5O2S/c1-3-24(16-9-10-16)18(27)12-28-20-23-22-19(14-7-8-14)25(20)17-6-4-5-15(11-17)21-13(2)26/h4-6,11,14,16H,3,7-10,12H2,1-2H3,(H,21,26). The number of carbonyl (C=O) groups is 2. The second kappa shape index (κ2) is 7.95. The molecule has 0 bridgehead atoms. The summed E-state index contributed by atoms with van der Waals surface area (Å²) in [5.41, 5.74) is 1.64. The number of thioether (sulfide) groups is 1. The van der Waals surface area contributed by atoms with Crippen LogP contribution in [0.15, 0.2) is 29.4 Å². The van der Waals surface area contributed by atoms with E-state index in [1.54, 1.807) is 0 Å². The Morgan fingerprint density at radius 1 is 1.25 bits per heavy atom. The molecule has 2 aromatic rings. The quantitative estimate of drug-likeness (QED) is 0.690. The number of amides is 2. The lowest BCUT2D eigenvalue weighted by atomic mass is 10.2. The van der Waals surface area contributed by atoms with Crippen molar-refractivity contribution < 1.29 is 9.59 Å². The van der Waals surface area contributed by atoms with Crippen molar-refractivity contribution in [1.29, 1.82) is 0 Å². The van der Waals surface area contributed by atoms with Gasteiger partial charge in [-0.05, 0) is 50.8 Å². The zero-order valence-corrected chi connectivity index (χ0v) is 17.0. The summed E-state index contributed by atoms with van der Waals surface area (Å²) in [6.45, 7) is 4.28. The summed E-state index contributed by atoms with van der Waals surface area (Å²) < 4.78 is 2.04. The van der Waals surface area contributed by atoms with Gasteiger partial charge in [-0.1, -0.05) is 17.8 Å². The highest BCUT2D eigenvalue weighted by atomic mass is 32.2. The molecule has 2 aliphatic carbocycles. The molecular formula is C20H25N5O2S. The Bertz CT molecular complexity index is 888. The van der Waals surface area contributed by atoms with E-state index in [2.05, 4.69) is 15.5 Å². The van der Waals surface area contributed by atoms with E-state index in [0.717, 1.165) is 54.6 Å². The summed E-state index contributed by atoms with van der Waals surface area (Å²) in [7, 11) is 0. The highest BCUT2D eigenvalue weighted by Crippen LogP contribution is 2.41. The second-order valence-electron chi connectivity index (χ2n) is 7.38. The van der Waals surface area contributed by atoms with Crippen molar-refractivity contribution in [3.05, 3.63) is 30.1 Å². The van der Waals surface area contributed by atoms with E-state index < -0.39 is 0 Å². The van der Waals surface area contributed by atoms with Crippen LogP contribution < -0.4 is 5.32 Å². The number of nitrogens with one attached hydrogen (secondary N) is 1. The van der Waals surface area contributed by atoms with Crippen LogP contribution in [0.4, 0.5) is 5.69 Å². The fourth-order valence-electron chi connectivity index (χ4n) is 3.38. The smallest absolute Gasteiger partial charge is 0.233 e. The van der Waals surface area contributed by atoms with Gasteiger partial charge in [0.25, 0.3) is 0 Å². The summed E-state index contributed by atoms with van der Waals surface area (Å²) in [5, 5.41) is 12.3. The molecular weight excluding hydrogens is 374 g/mol. The number of aromatic nitrogens is 3. The molecule has 8 heteroatoms. The summed E-state index contributed by atoms with van der Waals surface area (Å²) in [6, 6.07) is 8.09. The first-order valence-electron chi connectivity index (χ1n) is 9.82. The summed E-state index contributed by atoms with van der Waals surface area (Å²) in [4.78, 5) is 26.0. The fourth-order valence-corrected chi connectivity index (χ4v) is 4.23. The van der Waals surface area contributed by atoms with Gasteiger partial charge >= 0.3 is 0 Å². The third kappa shape index (κ3) is 4.22. The second-order valence-corrected chi connectivity index (χ2v) is 8.32. The van der Waals surface area contributed by atoms with Gasteiger partial charge < -0.3 is 10.2 Å². The first kappa shape index (κ1) is 19.0. The Balaban J connectivity index is 1.57. The maximum Gasteiger partial charge on any atom is 0.233 e. The Morgan fingerprint density at radius 2 is 2.04 bits per heavy atom. The Kier molecular flexibility index (Phi) is 5.39. The van der Waals surface area contributed by atoms with E-state index in [1.807, 2.05) is 40.7 Å². The van der Waals surface area contributed by atoms with Crippen LogP contribution in [0.25, 0.3) is 5.69 Å². The summed E-state index contributed by atoms with van der Waals surface area (Å²) in [6.07, 6.45) is 4.45. The minimum absolute atomic E-state index is 0.108. The number of benzene rings is 1. The molecule has 0 unspecified atom stereocenters. The third-order valence-electron chi connectivity index (χ3n) is 5.00. The molecule has 28 heavy (non-hydrogen) atoms. The van der Waals surface area contributed by atoms with Crippen molar-refractivity contribution in [2.24, 2.45) is 0 Å². The molecule has 2 fully saturated rings. The molecule has 2 aliphatic rings. The average Bonchev–Trinajstić information content (AvgIpc) is 3.59. The molecule has 0 spiro atoms. The van der Waals surface area contributed by atoms with Gasteiger partial charge in [-0.25, -0.2) is 0 Å². The monoisotopic (exact) mass is 399 g/mol. The molecule has 2 amide bonds. The molecule has 1 N–H and O–H groups in total. The van der Waals surface area contributed by atoms with Crippen LogP contribution in [0.5, 0.6) is 0 Å². The van der Waals surface area contributed by atoms with E-state index in [9.17, 15) is 9.59 Å². The van der Waals surface area contributed by atoms with E-state index in [1.165, 1.54) is 18.7 Å². The largest absolute Gasteiger partial charge is 0.339 e. The first-order chi connectivity index (χ1) is 13.6. The molecule has 7 nitrogen and oxygen atoms in total. The van der Waals surface area contributed by atoms with E-state index in [0.29, 0.717) is 17.7 Å². The molecule has 0 saturated heterocycles. The van der Waals surface area contributed by atoms with E-state index in [-0.39, 0.29) is 11.8 Å². The molecule has 0 aliphatic heterocycles. The van der Waals surface area contributed by atoms with Crippen LogP contribution in [0.3, 0.4) is 0 Å². The number of carbonyl (C=O) groups excluding carboxylic acids is 2. The van der Waals surface area contributed by atoms with Crippen LogP contribution in [-0.2, 0) is 9.59 Å². The molecule has 0 radical (unpaired) electrons. The Hall–Kier alpha value is -2.35. The van der Waals surface area contributed by atoms with E-state index in [4.69, 9.17) is 0 Å². The topological polar surface area (TPSA) is 80.1 Å². The Morgan fingerprint density at radius 3 is 2.68 bits per heavy atom. The van der Waals surface area contributed by atoms with Crippen molar-refractivity contribution >= 4 is 29.3 Å². The number of anilines is 1. The van der Waals surface area contributed by atoms with Crippen molar-refractivity contribution in [2.45, 2.75) is 56.6 Å². The maximum absolute atomic E-state index is 12.6. The SMILES string of the molecule is CCN(C(=O)CSc1nnc(C2CC2)n1-c1cccc(NC(C)=O)c1)C1CC1. The predicted molar refractivity (Wildman–Crippen MR) is 109 cm³/mol. The average molecular weight is 400 g/mol. The van der Waals surface area contributed by atoms with Crippen LogP contribution in [0, 0.1) is 0 Å². The number of hydrogen-bond donors (Lipinski definition) is 1. The normalized spacial score (nSPS) is 16.1. The number of rotatable bonds is 8. The van der Waals surface area contributed by atoms with Crippen LogP contribution in [0.1, 0.15) is 51.3 Å². The first-order valence-corrected chi connectivity index (χ1v) is 10.8. The van der Waals surface area contributed by atoms with Gasteiger partial charge in [-0.3, -0.25) is 14.2 Å². The lowest BCUT2D eigenvalue weighted by Gasteiger charge is -2.20. The number of nitrogens with zero attached hydrogens (tertiary/aromatic N) is 4. The van der Waals surface area contributed by atoms with Crippen molar-refractivity contribution in [2.75, 3.05) is 17.6 Å². The fraction of sp³-hybridized carbons (Fsp3) is 0.500. The van der Waals surface area contributed by atoms with Gasteiger partial charge in [0.15, 0.2) is 5.16 Å². The predicted octanol–water partition coefficient (Wildman–Crippen LogP) is 3.21. The highest BCUT2D eigenvalue weighted by molar-refractivity contribution is 7.99. The van der Waals surface area contributed by atoms with Gasteiger partial charge in [0, 0.05) is 31.1 Å². The Labute approximate surface area is 168 Å². The molecule has 0 atom stereocenters. The molecule has 148 valence electrons. The van der Waals surface area contributed by atoms with Gasteiger partial charge in [0.1, 0.15) is 5.82 Å². The van der Waals surface area contributed by atoms with Crippen molar-refractivity contribution in [3.8, 4) is 5.69 Å². The summed E-state index contributed by atoms with van der Waals surface area (Å²) in [5.74, 6) is 1.76. The van der Waals surface area contributed by atoms with E-state index >= 15 is 0 Å². The zero-order valence-electron chi connectivity index (χ0n) is 16.2. The zero-order chi connectivity index (χ0) is 19.7. The lowest BCUT2D eigenvalue weighted by Crippen LogP contribution is -2.34. The summed E-state index contributed by atoms with van der Waals surface area (Å²) >= 11 is 1.44. The van der Waals surface area contributed by atoms with Gasteiger partial charge in [-0.2, -0.15) is 0 Å². The van der Waals surface area contributed by atoms with Crippen molar-refractivity contribution in [3.63, 3.8) is 0 Å². The number of hydrogen-bond acceptors (Lipinski definition) is 5. The molecule has 4 rings (SSSR count). The molecule has 1 aromatic heterocycles. The molecule has 1 heterocycles. The lowest BCUT2D eigenvalue weighted by molar-refractivity contribution is -0.128. The third-order valence-corrected chi connectivity index (χ3v) is 5.91. The van der Waals surface area contributed by atoms with Crippen LogP contribution in [0.2, 0.25) is 0 Å². The highest BCUT2D eigenvalue weighted by Gasteiger charge is 2.33. The van der Waals surface area contributed by atoms with Crippen LogP contribution in [-0.4, -0.2) is 49.8 Å². The maximum atomic E-state index is 12.6.